The molecule has 0 aliphatic heterocycles. The van der Waals surface area contributed by atoms with Crippen molar-refractivity contribution in [2.24, 2.45) is 17.8 Å². The molecule has 0 aromatic rings. The van der Waals surface area contributed by atoms with Gasteiger partial charge in [-0.1, -0.05) is 20.3 Å². The van der Waals surface area contributed by atoms with Gasteiger partial charge < -0.3 is 9.84 Å². The Hall–Kier alpha value is -0.0800. The monoisotopic (exact) mass is 214 g/mol. The van der Waals surface area contributed by atoms with E-state index in [4.69, 9.17) is 4.74 Å². The molecule has 1 rings (SSSR count). The van der Waals surface area contributed by atoms with Crippen molar-refractivity contribution in [2.45, 2.75) is 58.7 Å². The molecular weight excluding hydrogens is 188 g/mol. The van der Waals surface area contributed by atoms with E-state index in [-0.39, 0.29) is 6.10 Å². The molecule has 0 saturated heterocycles. The Kier molecular flexibility index (Phi) is 4.19. The van der Waals surface area contributed by atoms with Gasteiger partial charge in [0.15, 0.2) is 0 Å². The zero-order valence-electron chi connectivity index (χ0n) is 10.8. The van der Waals surface area contributed by atoms with Crippen LogP contribution >= 0.6 is 0 Å². The standard InChI is InChI=1S/C13H26O2/c1-9-6-7-12(8-10(9)2)13(4,14)11(3)15-5/h9-12,14H,6-8H2,1-5H3. The predicted molar refractivity (Wildman–Crippen MR) is 62.8 cm³/mol. The third kappa shape index (κ3) is 2.73. The van der Waals surface area contributed by atoms with Gasteiger partial charge in [-0.05, 0) is 44.4 Å². The first-order chi connectivity index (χ1) is 6.89. The number of ether oxygens (including phenoxy) is 1. The van der Waals surface area contributed by atoms with E-state index in [1.54, 1.807) is 7.11 Å². The lowest BCUT2D eigenvalue weighted by Gasteiger charge is -2.42. The molecule has 5 atom stereocenters. The molecule has 2 heteroatoms. The van der Waals surface area contributed by atoms with Crippen molar-refractivity contribution in [1.29, 1.82) is 0 Å². The highest BCUT2D eigenvalue weighted by atomic mass is 16.5. The minimum atomic E-state index is -0.677. The van der Waals surface area contributed by atoms with Gasteiger partial charge in [-0.3, -0.25) is 0 Å². The van der Waals surface area contributed by atoms with Crippen molar-refractivity contribution in [1.82, 2.24) is 0 Å². The van der Waals surface area contributed by atoms with Crippen LogP contribution in [0.2, 0.25) is 0 Å². The van der Waals surface area contributed by atoms with Crippen LogP contribution in [0.25, 0.3) is 0 Å². The van der Waals surface area contributed by atoms with Gasteiger partial charge in [0.25, 0.3) is 0 Å². The molecule has 1 aliphatic carbocycles. The second-order valence-electron chi connectivity index (χ2n) is 5.57. The molecule has 1 N–H and O–H groups in total. The summed E-state index contributed by atoms with van der Waals surface area (Å²) in [6, 6.07) is 0. The van der Waals surface area contributed by atoms with Crippen molar-refractivity contribution < 1.29 is 9.84 Å². The van der Waals surface area contributed by atoms with Crippen molar-refractivity contribution in [3.05, 3.63) is 0 Å². The van der Waals surface area contributed by atoms with E-state index in [1.807, 2.05) is 13.8 Å². The minimum absolute atomic E-state index is 0.0805. The van der Waals surface area contributed by atoms with Crippen LogP contribution in [0.1, 0.15) is 47.0 Å². The van der Waals surface area contributed by atoms with E-state index in [0.717, 1.165) is 24.7 Å². The summed E-state index contributed by atoms with van der Waals surface area (Å²) >= 11 is 0. The molecule has 0 aromatic carbocycles. The Bertz CT molecular complexity index is 201. The van der Waals surface area contributed by atoms with Crippen LogP contribution in [0.4, 0.5) is 0 Å². The van der Waals surface area contributed by atoms with Gasteiger partial charge in [-0.2, -0.15) is 0 Å². The summed E-state index contributed by atoms with van der Waals surface area (Å²) in [5.41, 5.74) is -0.677. The largest absolute Gasteiger partial charge is 0.387 e. The highest BCUT2D eigenvalue weighted by Gasteiger charge is 2.40. The summed E-state index contributed by atoms with van der Waals surface area (Å²) in [6.07, 6.45) is 3.41. The van der Waals surface area contributed by atoms with Crippen LogP contribution in [0.5, 0.6) is 0 Å². The lowest BCUT2D eigenvalue weighted by molar-refractivity contribution is -0.122. The third-order valence-electron chi connectivity index (χ3n) is 4.60. The quantitative estimate of drug-likeness (QED) is 0.783. The van der Waals surface area contributed by atoms with Gasteiger partial charge in [0.2, 0.25) is 0 Å². The van der Waals surface area contributed by atoms with E-state index in [2.05, 4.69) is 13.8 Å². The Morgan fingerprint density at radius 2 is 1.87 bits per heavy atom. The molecule has 5 unspecified atom stereocenters. The molecule has 1 fully saturated rings. The molecule has 0 spiro atoms. The Labute approximate surface area is 94.0 Å². The number of hydrogen-bond donors (Lipinski definition) is 1. The first-order valence-electron chi connectivity index (χ1n) is 6.14. The van der Waals surface area contributed by atoms with Crippen molar-refractivity contribution in [2.75, 3.05) is 7.11 Å². The highest BCUT2D eigenvalue weighted by molar-refractivity contribution is 4.91. The zero-order chi connectivity index (χ0) is 11.6. The topological polar surface area (TPSA) is 29.5 Å². The molecule has 15 heavy (non-hydrogen) atoms. The fourth-order valence-electron chi connectivity index (χ4n) is 2.65. The number of methoxy groups -OCH3 is 1. The van der Waals surface area contributed by atoms with Gasteiger partial charge in [0.05, 0.1) is 11.7 Å². The molecule has 1 aliphatic rings. The molecule has 90 valence electrons. The summed E-state index contributed by atoms with van der Waals surface area (Å²) in [5, 5.41) is 10.5. The van der Waals surface area contributed by atoms with Crippen LogP contribution in [-0.2, 0) is 4.74 Å². The van der Waals surface area contributed by atoms with Crippen molar-refractivity contribution in [3.63, 3.8) is 0 Å². The maximum atomic E-state index is 10.5. The van der Waals surface area contributed by atoms with Crippen LogP contribution in [0, 0.1) is 17.8 Å². The summed E-state index contributed by atoms with van der Waals surface area (Å²) in [6.45, 7) is 8.50. The van der Waals surface area contributed by atoms with Crippen LogP contribution in [0.3, 0.4) is 0 Å². The summed E-state index contributed by atoms with van der Waals surface area (Å²) in [7, 11) is 1.67. The SMILES string of the molecule is COC(C)C(C)(O)C1CCC(C)C(C)C1. The predicted octanol–water partition coefficient (Wildman–Crippen LogP) is 2.84. The van der Waals surface area contributed by atoms with Crippen molar-refractivity contribution in [3.8, 4) is 0 Å². The molecule has 0 heterocycles. The zero-order valence-corrected chi connectivity index (χ0v) is 10.8. The fourth-order valence-corrected chi connectivity index (χ4v) is 2.65. The molecule has 0 radical (unpaired) electrons. The second kappa shape index (κ2) is 4.84. The summed E-state index contributed by atoms with van der Waals surface area (Å²) < 4.78 is 5.28. The van der Waals surface area contributed by atoms with Crippen LogP contribution in [-0.4, -0.2) is 23.9 Å². The lowest BCUT2D eigenvalue weighted by atomic mass is 9.68. The molecule has 2 nitrogen and oxygen atoms in total. The first kappa shape index (κ1) is 13.0. The van der Waals surface area contributed by atoms with E-state index in [0.29, 0.717) is 5.92 Å². The van der Waals surface area contributed by atoms with E-state index in [1.165, 1.54) is 6.42 Å². The molecule has 0 amide bonds. The summed E-state index contributed by atoms with van der Waals surface area (Å²) in [4.78, 5) is 0. The summed E-state index contributed by atoms with van der Waals surface area (Å²) in [5.74, 6) is 1.91. The van der Waals surface area contributed by atoms with Gasteiger partial charge in [-0.15, -0.1) is 0 Å². The van der Waals surface area contributed by atoms with Crippen LogP contribution < -0.4 is 0 Å². The smallest absolute Gasteiger partial charge is 0.0905 e. The van der Waals surface area contributed by atoms with E-state index in [9.17, 15) is 5.11 Å². The molecule has 0 aromatic heterocycles. The Morgan fingerprint density at radius 1 is 1.27 bits per heavy atom. The normalized spacial score (nSPS) is 38.4. The average Bonchev–Trinajstić information content (AvgIpc) is 2.20. The maximum Gasteiger partial charge on any atom is 0.0905 e. The van der Waals surface area contributed by atoms with Gasteiger partial charge in [0, 0.05) is 7.11 Å². The van der Waals surface area contributed by atoms with E-state index >= 15 is 0 Å². The fraction of sp³-hybridized carbons (Fsp3) is 1.00. The Balaban J connectivity index is 2.64. The van der Waals surface area contributed by atoms with Crippen molar-refractivity contribution >= 4 is 0 Å². The second-order valence-corrected chi connectivity index (χ2v) is 5.57. The highest BCUT2D eigenvalue weighted by Crippen LogP contribution is 2.40. The maximum absolute atomic E-state index is 10.5. The molecule has 0 bridgehead atoms. The van der Waals surface area contributed by atoms with Gasteiger partial charge in [0.1, 0.15) is 0 Å². The van der Waals surface area contributed by atoms with E-state index < -0.39 is 5.60 Å². The minimum Gasteiger partial charge on any atom is -0.387 e. The molecular formula is C13H26O2. The Morgan fingerprint density at radius 3 is 2.33 bits per heavy atom. The molecule has 1 saturated carbocycles. The number of aliphatic hydroxyl groups is 1. The third-order valence-corrected chi connectivity index (χ3v) is 4.60. The lowest BCUT2D eigenvalue weighted by Crippen LogP contribution is -2.47. The number of rotatable bonds is 3. The van der Waals surface area contributed by atoms with Gasteiger partial charge >= 0.3 is 0 Å². The number of hydrogen-bond acceptors (Lipinski definition) is 2. The first-order valence-corrected chi connectivity index (χ1v) is 6.14. The average molecular weight is 214 g/mol. The van der Waals surface area contributed by atoms with Crippen LogP contribution in [0.15, 0.2) is 0 Å². The van der Waals surface area contributed by atoms with Gasteiger partial charge in [-0.25, -0.2) is 0 Å².